The topological polar surface area (TPSA) is 112 Å². The molecule has 2 heterocycles. The van der Waals surface area contributed by atoms with Crippen LogP contribution in [0.3, 0.4) is 0 Å². The van der Waals surface area contributed by atoms with E-state index in [1.807, 2.05) is 37.3 Å². The van der Waals surface area contributed by atoms with Crippen LogP contribution in [-0.4, -0.2) is 10.8 Å². The predicted molar refractivity (Wildman–Crippen MR) is 122 cm³/mol. The standard InChI is InChI=1S/C23H18N4O4S/c1-13-3-6-15(7-4-13)26-21(25-22(28)17(12-24)23(26)32)20-10-9-19(31-20)16-8-5-14(2)11-18(16)27(29)30/h3-11,21,32H,1-2H3,(H,25,28). The smallest absolute Gasteiger partial charge is 0.280 e. The second kappa shape index (κ2) is 8.24. The van der Waals surface area contributed by atoms with Crippen LogP contribution in [0.1, 0.15) is 23.1 Å². The lowest BCUT2D eigenvalue weighted by molar-refractivity contribution is -0.384. The van der Waals surface area contributed by atoms with E-state index in [4.69, 9.17) is 4.42 Å². The van der Waals surface area contributed by atoms with Crippen LogP contribution in [0, 0.1) is 35.3 Å². The number of furan rings is 1. The molecule has 0 bridgehead atoms. The molecule has 0 saturated heterocycles. The molecule has 32 heavy (non-hydrogen) atoms. The molecule has 160 valence electrons. The minimum Gasteiger partial charge on any atom is -0.457 e. The molecule has 1 aliphatic heterocycles. The van der Waals surface area contributed by atoms with Gasteiger partial charge in [0, 0.05) is 11.8 Å². The molecular weight excluding hydrogens is 428 g/mol. The third kappa shape index (κ3) is 3.72. The van der Waals surface area contributed by atoms with Crippen LogP contribution in [0.5, 0.6) is 0 Å². The number of aryl methyl sites for hydroxylation is 2. The number of nitriles is 1. The Labute approximate surface area is 189 Å². The summed E-state index contributed by atoms with van der Waals surface area (Å²) in [6.07, 6.45) is -0.798. The van der Waals surface area contributed by atoms with Crippen LogP contribution in [0.25, 0.3) is 11.3 Å². The SMILES string of the molecule is Cc1ccc(N2C(S)=C(C#N)C(=O)NC2c2ccc(-c3ccc(C)cc3[N+](=O)[O-])o2)cc1. The van der Waals surface area contributed by atoms with Gasteiger partial charge in [0.25, 0.3) is 11.6 Å². The van der Waals surface area contributed by atoms with Gasteiger partial charge in [0.2, 0.25) is 0 Å². The number of nitro benzene ring substituents is 1. The molecule has 0 saturated carbocycles. The highest BCUT2D eigenvalue weighted by Gasteiger charge is 2.36. The van der Waals surface area contributed by atoms with E-state index < -0.39 is 17.0 Å². The lowest BCUT2D eigenvalue weighted by Gasteiger charge is -2.36. The Balaban J connectivity index is 1.81. The van der Waals surface area contributed by atoms with Crippen molar-refractivity contribution in [3.8, 4) is 17.4 Å². The first kappa shape index (κ1) is 21.2. The largest absolute Gasteiger partial charge is 0.457 e. The number of carbonyl (C=O) groups excluding carboxylic acids is 1. The van der Waals surface area contributed by atoms with Crippen molar-refractivity contribution >= 4 is 29.9 Å². The van der Waals surface area contributed by atoms with Crippen molar-refractivity contribution in [2.75, 3.05) is 4.90 Å². The van der Waals surface area contributed by atoms with Gasteiger partial charge < -0.3 is 14.6 Å². The Bertz CT molecular complexity index is 1300. The first-order valence-corrected chi connectivity index (χ1v) is 10.1. The molecule has 0 radical (unpaired) electrons. The summed E-state index contributed by atoms with van der Waals surface area (Å²) in [5, 5.41) is 23.9. The summed E-state index contributed by atoms with van der Waals surface area (Å²) in [4.78, 5) is 25.3. The van der Waals surface area contributed by atoms with Crippen LogP contribution >= 0.6 is 12.6 Å². The van der Waals surface area contributed by atoms with Crippen molar-refractivity contribution < 1.29 is 14.1 Å². The molecular formula is C23H18N4O4S. The van der Waals surface area contributed by atoms with Crippen molar-refractivity contribution in [3.63, 3.8) is 0 Å². The number of nitrogens with one attached hydrogen (secondary N) is 1. The monoisotopic (exact) mass is 446 g/mol. The van der Waals surface area contributed by atoms with E-state index in [1.165, 1.54) is 6.07 Å². The van der Waals surface area contributed by atoms with Crippen molar-refractivity contribution in [2.45, 2.75) is 20.0 Å². The van der Waals surface area contributed by atoms with Gasteiger partial charge in [-0.3, -0.25) is 14.9 Å². The number of nitrogens with zero attached hydrogens (tertiary/aromatic N) is 3. The number of anilines is 1. The zero-order chi connectivity index (χ0) is 23.0. The zero-order valence-corrected chi connectivity index (χ0v) is 18.1. The zero-order valence-electron chi connectivity index (χ0n) is 17.2. The lowest BCUT2D eigenvalue weighted by Crippen LogP contribution is -2.45. The van der Waals surface area contributed by atoms with E-state index in [2.05, 4.69) is 17.9 Å². The Morgan fingerprint density at radius 2 is 1.81 bits per heavy atom. The first-order valence-electron chi connectivity index (χ1n) is 9.65. The summed E-state index contributed by atoms with van der Waals surface area (Å²) >= 11 is 4.46. The van der Waals surface area contributed by atoms with Crippen LogP contribution in [0.4, 0.5) is 11.4 Å². The summed E-state index contributed by atoms with van der Waals surface area (Å²) < 4.78 is 5.98. The number of nitro groups is 1. The molecule has 1 aliphatic rings. The third-order valence-electron chi connectivity index (χ3n) is 5.14. The summed E-state index contributed by atoms with van der Waals surface area (Å²) in [7, 11) is 0. The van der Waals surface area contributed by atoms with Crippen molar-refractivity contribution in [3.05, 3.63) is 92.2 Å². The van der Waals surface area contributed by atoms with Crippen molar-refractivity contribution in [2.24, 2.45) is 0 Å². The molecule has 1 amide bonds. The molecule has 9 heteroatoms. The van der Waals surface area contributed by atoms with Gasteiger partial charge in [-0.05, 0) is 49.7 Å². The lowest BCUT2D eigenvalue weighted by atomic mass is 10.1. The minimum absolute atomic E-state index is 0.0736. The molecule has 2 aromatic carbocycles. The van der Waals surface area contributed by atoms with Gasteiger partial charge in [0.1, 0.15) is 23.2 Å². The van der Waals surface area contributed by atoms with Crippen LogP contribution in [0.2, 0.25) is 0 Å². The van der Waals surface area contributed by atoms with Gasteiger partial charge in [-0.25, -0.2) is 0 Å². The third-order valence-corrected chi connectivity index (χ3v) is 5.58. The fraction of sp³-hybridized carbons (Fsp3) is 0.130. The van der Waals surface area contributed by atoms with Gasteiger partial charge in [0.05, 0.1) is 15.5 Å². The molecule has 8 nitrogen and oxygen atoms in total. The fourth-order valence-corrected chi connectivity index (χ4v) is 3.91. The van der Waals surface area contributed by atoms with Crippen LogP contribution in [-0.2, 0) is 4.79 Å². The highest BCUT2D eigenvalue weighted by atomic mass is 32.1. The maximum Gasteiger partial charge on any atom is 0.280 e. The van der Waals surface area contributed by atoms with E-state index in [0.29, 0.717) is 22.8 Å². The average molecular weight is 446 g/mol. The summed E-state index contributed by atoms with van der Waals surface area (Å²) in [6.45, 7) is 3.72. The number of thiol groups is 1. The highest BCUT2D eigenvalue weighted by molar-refractivity contribution is 7.84. The van der Waals surface area contributed by atoms with E-state index in [1.54, 1.807) is 36.1 Å². The number of rotatable bonds is 4. The number of benzene rings is 2. The van der Waals surface area contributed by atoms with Crippen LogP contribution in [0.15, 0.2) is 69.6 Å². The molecule has 0 spiro atoms. The van der Waals surface area contributed by atoms with E-state index in [-0.39, 0.29) is 16.3 Å². The Kier molecular flexibility index (Phi) is 5.47. The fourth-order valence-electron chi connectivity index (χ4n) is 3.53. The van der Waals surface area contributed by atoms with Gasteiger partial charge in [-0.1, -0.05) is 23.8 Å². The Morgan fingerprint density at radius 3 is 2.47 bits per heavy atom. The second-order valence-corrected chi connectivity index (χ2v) is 7.80. The van der Waals surface area contributed by atoms with Crippen LogP contribution < -0.4 is 10.2 Å². The van der Waals surface area contributed by atoms with Crippen molar-refractivity contribution in [1.82, 2.24) is 5.32 Å². The maximum absolute atomic E-state index is 12.5. The highest BCUT2D eigenvalue weighted by Crippen LogP contribution is 2.39. The van der Waals surface area contributed by atoms with E-state index >= 15 is 0 Å². The number of amides is 1. The minimum atomic E-state index is -0.798. The van der Waals surface area contributed by atoms with E-state index in [9.17, 15) is 20.2 Å². The molecule has 0 fully saturated rings. The Morgan fingerprint density at radius 1 is 1.12 bits per heavy atom. The molecule has 4 rings (SSSR count). The molecule has 3 aromatic rings. The molecule has 1 atom stereocenters. The quantitative estimate of drug-likeness (QED) is 0.339. The predicted octanol–water partition coefficient (Wildman–Crippen LogP) is 4.77. The van der Waals surface area contributed by atoms with Gasteiger partial charge in [-0.2, -0.15) is 5.26 Å². The summed E-state index contributed by atoms with van der Waals surface area (Å²) in [5.41, 5.74) is 2.63. The molecule has 0 aliphatic carbocycles. The molecule has 1 aromatic heterocycles. The van der Waals surface area contributed by atoms with Gasteiger partial charge in [-0.15, -0.1) is 12.6 Å². The first-order chi connectivity index (χ1) is 15.3. The maximum atomic E-state index is 12.5. The summed E-state index contributed by atoms with van der Waals surface area (Å²) in [6, 6.07) is 17.5. The average Bonchev–Trinajstić information content (AvgIpc) is 3.24. The van der Waals surface area contributed by atoms with Crippen molar-refractivity contribution in [1.29, 1.82) is 5.26 Å². The van der Waals surface area contributed by atoms with E-state index in [0.717, 1.165) is 11.1 Å². The summed E-state index contributed by atoms with van der Waals surface area (Å²) in [5.74, 6) is 0.0537. The van der Waals surface area contributed by atoms with Gasteiger partial charge >= 0.3 is 0 Å². The normalized spacial score (nSPS) is 16.0. The Hall–Kier alpha value is -4.03. The number of carbonyl (C=O) groups is 1. The molecule has 1 N–H and O–H groups in total. The van der Waals surface area contributed by atoms with Gasteiger partial charge in [0.15, 0.2) is 6.17 Å². The number of hydrogen-bond donors (Lipinski definition) is 2. The second-order valence-electron chi connectivity index (χ2n) is 7.37. The number of hydrogen-bond acceptors (Lipinski definition) is 7. The molecule has 1 unspecified atom stereocenters.